The van der Waals surface area contributed by atoms with E-state index in [1.165, 1.54) is 25.7 Å². The van der Waals surface area contributed by atoms with Gasteiger partial charge in [-0.05, 0) is 113 Å². The second-order valence-corrected chi connectivity index (χ2v) is 19.8. The van der Waals surface area contributed by atoms with E-state index in [-0.39, 0.29) is 60.3 Å². The number of amides is 3. The highest BCUT2D eigenvalue weighted by molar-refractivity contribution is 5.87. The maximum Gasteiger partial charge on any atom is 0.240 e. The van der Waals surface area contributed by atoms with E-state index >= 15 is 0 Å². The molecule has 15 atom stereocenters. The Kier molecular flexibility index (Phi) is 14.0. The van der Waals surface area contributed by atoms with Crippen LogP contribution in [0.1, 0.15) is 118 Å². The lowest BCUT2D eigenvalue weighted by atomic mass is 9.45. The van der Waals surface area contributed by atoms with Crippen molar-refractivity contribution in [3.05, 3.63) is 0 Å². The van der Waals surface area contributed by atoms with Crippen LogP contribution in [0.4, 0.5) is 0 Å². The van der Waals surface area contributed by atoms with Crippen LogP contribution in [-0.2, 0) is 24.0 Å². The lowest BCUT2D eigenvalue weighted by Crippen LogP contribution is -2.62. The Morgan fingerprint density at radius 2 is 1.73 bits per heavy atom. The maximum absolute atomic E-state index is 14.3. The predicted molar refractivity (Wildman–Crippen MR) is 211 cm³/mol. The molecule has 0 aromatic carbocycles. The normalized spacial score (nSPS) is 40.6. The molecule has 12 heteroatoms. The van der Waals surface area contributed by atoms with Gasteiger partial charge in [-0.1, -0.05) is 59.3 Å². The highest BCUT2D eigenvalue weighted by atomic mass is 16.7. The van der Waals surface area contributed by atoms with Gasteiger partial charge in [-0.15, -0.1) is 0 Å². The van der Waals surface area contributed by atoms with Gasteiger partial charge in [-0.25, -0.2) is 0 Å². The third kappa shape index (κ3) is 9.09. The predicted octanol–water partition coefficient (Wildman–Crippen LogP) is 3.87. The van der Waals surface area contributed by atoms with Crippen LogP contribution >= 0.6 is 0 Å². The number of hydrogen-bond acceptors (Lipinski definition) is 9. The third-order valence-electron chi connectivity index (χ3n) is 16.1. The van der Waals surface area contributed by atoms with E-state index in [4.69, 9.17) is 15.3 Å². The van der Waals surface area contributed by atoms with Gasteiger partial charge in [0.2, 0.25) is 17.7 Å². The molecule has 2 bridgehead atoms. The van der Waals surface area contributed by atoms with E-state index in [0.717, 1.165) is 57.8 Å². The molecule has 0 radical (unpaired) electrons. The molecule has 7 rings (SSSR count). The number of methoxy groups -OCH3 is 1. The summed E-state index contributed by atoms with van der Waals surface area (Å²) in [5, 5.41) is 29.7. The third-order valence-corrected chi connectivity index (χ3v) is 16.1. The number of nitrogens with zero attached hydrogens (tertiary/aromatic N) is 2. The van der Waals surface area contributed by atoms with E-state index < -0.39 is 36.1 Å². The Bertz CT molecular complexity index is 1320. The molecule has 55 heavy (non-hydrogen) atoms. The number of rotatable bonds is 14. The van der Waals surface area contributed by atoms with Crippen LogP contribution in [-0.4, -0.2) is 115 Å². The fourth-order valence-corrected chi connectivity index (χ4v) is 12.7. The highest BCUT2D eigenvalue weighted by Crippen LogP contribution is 2.61. The number of aliphatic hydroxyl groups is 2. The first kappa shape index (κ1) is 42.8. The first-order valence-electron chi connectivity index (χ1n) is 22.0. The van der Waals surface area contributed by atoms with Crippen molar-refractivity contribution < 1.29 is 34.2 Å². The van der Waals surface area contributed by atoms with Crippen molar-refractivity contribution in [2.24, 2.45) is 64.4 Å². The Hall–Kier alpha value is -1.83. The van der Waals surface area contributed by atoms with Crippen LogP contribution < -0.4 is 16.4 Å². The van der Waals surface area contributed by atoms with Crippen LogP contribution in [0.15, 0.2) is 0 Å². The lowest BCUT2D eigenvalue weighted by molar-refractivity contribution is -0.193. The number of aliphatic hydroxyl groups excluding tert-OH is 2. The van der Waals surface area contributed by atoms with Gasteiger partial charge in [-0.2, -0.15) is 5.06 Å². The van der Waals surface area contributed by atoms with Gasteiger partial charge in [0.15, 0.2) is 0 Å². The fraction of sp³-hybridized carbons (Fsp3) is 0.930. The molecule has 12 nitrogen and oxygen atoms in total. The molecule has 0 spiro atoms. The standard InChI is InChI=1S/C43H75N5O7/c1-24-33-20-30(43(33,3)4)21-34(24)45-42(53)38-37(25(2)50)36(23-49)55-48(38)22-27-14-11-15-32(39(27)54-7)28-17-29(19-31(18-28)47(5)6)41(52)46-35(40(44)51)16-26-12-9-8-10-13-26/h24-39,49-50H,8-23H2,1-7H3,(H2,44,51)(H,45,53)(H,46,52)/t24-,25-,27?,28?,29?,30+,31?,32?,33-,34?,35-,36-,37+,38-,39?/m0/s1. The fourth-order valence-electron chi connectivity index (χ4n) is 12.7. The highest BCUT2D eigenvalue weighted by Gasteiger charge is 2.58. The van der Waals surface area contributed by atoms with E-state index in [2.05, 4.69) is 50.4 Å². The number of fused-ring (bicyclic) bond motifs is 2. The summed E-state index contributed by atoms with van der Waals surface area (Å²) in [6.07, 6.45) is 12.2. The quantitative estimate of drug-likeness (QED) is 0.176. The maximum atomic E-state index is 14.3. The average molecular weight is 774 g/mol. The van der Waals surface area contributed by atoms with Gasteiger partial charge in [0.1, 0.15) is 18.2 Å². The van der Waals surface area contributed by atoms with Crippen LogP contribution in [0.5, 0.6) is 0 Å². The minimum absolute atomic E-state index is 0.0509. The molecule has 7 unspecified atom stereocenters. The molecule has 314 valence electrons. The number of hydrogen-bond donors (Lipinski definition) is 5. The van der Waals surface area contributed by atoms with Gasteiger partial charge in [0.05, 0.1) is 18.8 Å². The van der Waals surface area contributed by atoms with Gasteiger partial charge >= 0.3 is 0 Å². The Labute approximate surface area is 330 Å². The smallest absolute Gasteiger partial charge is 0.240 e. The number of hydroxylamine groups is 2. The molecule has 6 aliphatic carbocycles. The molecule has 7 fully saturated rings. The molecule has 0 aromatic heterocycles. The van der Waals surface area contributed by atoms with Crippen LogP contribution in [0.2, 0.25) is 0 Å². The van der Waals surface area contributed by atoms with Crippen LogP contribution in [0, 0.1) is 58.7 Å². The summed E-state index contributed by atoms with van der Waals surface area (Å²) in [5.41, 5.74) is 6.17. The molecule has 1 saturated heterocycles. The molecule has 0 aromatic rings. The molecular formula is C43H75N5O7. The monoisotopic (exact) mass is 774 g/mol. The molecule has 6 N–H and O–H groups in total. The number of primary amides is 1. The van der Waals surface area contributed by atoms with Crippen molar-refractivity contribution in [2.75, 3.05) is 34.4 Å². The Morgan fingerprint density at radius 3 is 2.33 bits per heavy atom. The summed E-state index contributed by atoms with van der Waals surface area (Å²) in [5.74, 6) is 0.985. The number of nitrogens with two attached hydrogens (primary N) is 1. The number of carbonyl (C=O) groups is 3. The van der Waals surface area contributed by atoms with Crippen molar-refractivity contribution in [3.63, 3.8) is 0 Å². The average Bonchev–Trinajstić information content (AvgIpc) is 3.53. The zero-order valence-corrected chi connectivity index (χ0v) is 35.0. The van der Waals surface area contributed by atoms with Crippen LogP contribution in [0.3, 0.4) is 0 Å². The Balaban J connectivity index is 1.15. The van der Waals surface area contributed by atoms with Crippen molar-refractivity contribution in [2.45, 2.75) is 160 Å². The van der Waals surface area contributed by atoms with E-state index in [1.54, 1.807) is 19.1 Å². The van der Waals surface area contributed by atoms with E-state index in [9.17, 15) is 24.6 Å². The van der Waals surface area contributed by atoms with Crippen molar-refractivity contribution in [1.82, 2.24) is 20.6 Å². The minimum Gasteiger partial charge on any atom is -0.394 e. The van der Waals surface area contributed by atoms with Crippen LogP contribution in [0.25, 0.3) is 0 Å². The topological polar surface area (TPSA) is 167 Å². The zero-order valence-electron chi connectivity index (χ0n) is 35.0. The van der Waals surface area contributed by atoms with E-state index in [1.807, 2.05) is 0 Å². The number of carbonyl (C=O) groups excluding carboxylic acids is 3. The summed E-state index contributed by atoms with van der Waals surface area (Å²) in [4.78, 5) is 49.5. The summed E-state index contributed by atoms with van der Waals surface area (Å²) in [6.45, 7) is 8.82. The van der Waals surface area contributed by atoms with Gasteiger partial charge in [0, 0.05) is 43.5 Å². The van der Waals surface area contributed by atoms with Crippen molar-refractivity contribution >= 4 is 17.7 Å². The van der Waals surface area contributed by atoms with Gasteiger partial charge in [0.25, 0.3) is 0 Å². The first-order valence-corrected chi connectivity index (χ1v) is 22.0. The van der Waals surface area contributed by atoms with Gasteiger partial charge in [-0.3, -0.25) is 19.2 Å². The first-order chi connectivity index (χ1) is 26.1. The molecule has 7 aliphatic rings. The minimum atomic E-state index is -0.851. The lowest BCUT2D eigenvalue weighted by Gasteiger charge is -2.62. The molecule has 1 aliphatic heterocycles. The summed E-state index contributed by atoms with van der Waals surface area (Å²) in [7, 11) is 5.94. The summed E-state index contributed by atoms with van der Waals surface area (Å²) in [6, 6.07) is -1.09. The largest absolute Gasteiger partial charge is 0.394 e. The zero-order chi connectivity index (χ0) is 39.8. The second-order valence-electron chi connectivity index (χ2n) is 19.8. The number of ether oxygens (including phenoxy) is 1. The van der Waals surface area contributed by atoms with Crippen molar-refractivity contribution in [1.29, 1.82) is 0 Å². The number of nitrogens with one attached hydrogen (secondary N) is 2. The molecule has 1 heterocycles. The van der Waals surface area contributed by atoms with Gasteiger partial charge < -0.3 is 36.2 Å². The second kappa shape index (κ2) is 18.0. The van der Waals surface area contributed by atoms with E-state index in [0.29, 0.717) is 42.1 Å². The molecule has 6 saturated carbocycles. The molecule has 3 amide bonds. The SMILES string of the molecule is COC1C(CN2O[C@@H](CO)[C@@H]([C@H](C)O)[C@H]2C(=O)NC2C[C@H]3C[C@@H]([C@@H]2C)C3(C)C)CCCC1C1CC(C(=O)N[C@@H](CC2CCCCC2)C(N)=O)CC(N(C)C)C1. The summed E-state index contributed by atoms with van der Waals surface area (Å²) < 4.78 is 6.39. The Morgan fingerprint density at radius 1 is 1.00 bits per heavy atom. The van der Waals surface area contributed by atoms with Crippen molar-refractivity contribution in [3.8, 4) is 0 Å². The molecular weight excluding hydrogens is 699 g/mol. The summed E-state index contributed by atoms with van der Waals surface area (Å²) >= 11 is 0.